The van der Waals surface area contributed by atoms with Crippen molar-refractivity contribution in [1.82, 2.24) is 20.0 Å². The molecule has 10 nitrogen and oxygen atoms in total. The zero-order chi connectivity index (χ0) is 32.5. The summed E-state index contributed by atoms with van der Waals surface area (Å²) in [6, 6.07) is 19.3. The number of piperidine rings is 1. The normalized spacial score (nSPS) is 23.3. The molecule has 1 aromatic heterocycles. The van der Waals surface area contributed by atoms with Crippen molar-refractivity contribution in [2.75, 3.05) is 44.2 Å². The van der Waals surface area contributed by atoms with Crippen LogP contribution in [0.25, 0.3) is 0 Å². The first-order valence-electron chi connectivity index (χ1n) is 16.0. The summed E-state index contributed by atoms with van der Waals surface area (Å²) < 4.78 is 43.2. The van der Waals surface area contributed by atoms with Gasteiger partial charge in [-0.2, -0.15) is 10.4 Å². The van der Waals surface area contributed by atoms with E-state index < -0.39 is 27.0 Å². The van der Waals surface area contributed by atoms with Crippen LogP contribution in [0, 0.1) is 29.1 Å². The standard InChI is InChI=1S/C34H41FN6O4S/c1-39-20-30(19-38-39)46(44,45)29-12-10-28(11-13-29)41-23-33(35,24-41)22-40-16-14-27(15-17-40)34(21-36,26-7-3-2-4-8-26)31-9-5-6-25(31)18-37-32(42)43/h2-4,7-8,10-13,19-20,25,27,31,37H,5-6,9,14-18,22-24H2,1H3,(H,42,43). The predicted molar refractivity (Wildman–Crippen MR) is 171 cm³/mol. The highest BCUT2D eigenvalue weighted by Gasteiger charge is 2.53. The van der Waals surface area contributed by atoms with Gasteiger partial charge in [-0.05, 0) is 86.4 Å². The number of benzene rings is 2. The third-order valence-corrected chi connectivity index (χ3v) is 12.1. The third-order valence-electron chi connectivity index (χ3n) is 10.4. The highest BCUT2D eigenvalue weighted by Crippen LogP contribution is 2.52. The van der Waals surface area contributed by atoms with Crippen molar-refractivity contribution < 1.29 is 22.7 Å². The number of rotatable bonds is 10. The smallest absolute Gasteiger partial charge is 0.404 e. The van der Waals surface area contributed by atoms with Crippen LogP contribution >= 0.6 is 0 Å². The van der Waals surface area contributed by atoms with Gasteiger partial charge in [-0.25, -0.2) is 17.6 Å². The van der Waals surface area contributed by atoms with Crippen LogP contribution in [0.3, 0.4) is 0 Å². The quantitative estimate of drug-likeness (QED) is 0.325. The summed E-state index contributed by atoms with van der Waals surface area (Å²) in [5.41, 5.74) is -0.328. The molecule has 0 radical (unpaired) electrons. The summed E-state index contributed by atoms with van der Waals surface area (Å²) in [6.07, 6.45) is 6.03. The number of hydrogen-bond acceptors (Lipinski definition) is 7. The molecule has 2 aromatic carbocycles. The average Bonchev–Trinajstić information content (AvgIpc) is 3.71. The molecule has 2 aliphatic heterocycles. The zero-order valence-corrected chi connectivity index (χ0v) is 26.9. The van der Waals surface area contributed by atoms with Crippen LogP contribution in [0.15, 0.2) is 76.8 Å². The number of nitrogens with one attached hydrogen (secondary N) is 1. The number of amides is 1. The van der Waals surface area contributed by atoms with Crippen LogP contribution in [0.2, 0.25) is 0 Å². The minimum absolute atomic E-state index is 0.0433. The minimum Gasteiger partial charge on any atom is -0.465 e. The lowest BCUT2D eigenvalue weighted by Gasteiger charge is -2.50. The van der Waals surface area contributed by atoms with Crippen molar-refractivity contribution in [3.63, 3.8) is 0 Å². The largest absolute Gasteiger partial charge is 0.465 e. The fourth-order valence-electron chi connectivity index (χ4n) is 8.18. The number of halogens is 1. The van der Waals surface area contributed by atoms with Gasteiger partial charge in [0.05, 0.1) is 35.7 Å². The zero-order valence-electron chi connectivity index (χ0n) is 26.1. The van der Waals surface area contributed by atoms with E-state index in [1.807, 2.05) is 35.2 Å². The van der Waals surface area contributed by atoms with E-state index in [1.165, 1.54) is 17.1 Å². The highest BCUT2D eigenvalue weighted by atomic mass is 32.2. The molecule has 12 heteroatoms. The number of aromatic nitrogens is 2. The van der Waals surface area contributed by atoms with Gasteiger partial charge < -0.3 is 15.3 Å². The first-order valence-corrected chi connectivity index (χ1v) is 17.5. The number of carboxylic acid groups (broad SMARTS) is 1. The maximum Gasteiger partial charge on any atom is 0.404 e. The molecule has 2 N–H and O–H groups in total. The summed E-state index contributed by atoms with van der Waals surface area (Å²) in [6.45, 7) is 2.50. The molecule has 3 heterocycles. The Morgan fingerprint density at radius 3 is 2.39 bits per heavy atom. The fraction of sp³-hybridized carbons (Fsp3) is 0.500. The number of alkyl halides is 1. The lowest BCUT2D eigenvalue weighted by molar-refractivity contribution is 0.0340. The number of likely N-dealkylation sites (tertiary alicyclic amines) is 1. The molecule has 1 amide bonds. The molecule has 6 rings (SSSR count). The molecule has 3 fully saturated rings. The second-order valence-corrected chi connectivity index (χ2v) is 15.2. The molecule has 3 aliphatic rings. The number of aryl methyl sites for hydroxylation is 1. The Balaban J connectivity index is 1.09. The summed E-state index contributed by atoms with van der Waals surface area (Å²) in [5, 5.41) is 26.7. The number of anilines is 1. The van der Waals surface area contributed by atoms with E-state index in [4.69, 9.17) is 0 Å². The Bertz CT molecular complexity index is 1680. The topological polar surface area (TPSA) is 132 Å². The van der Waals surface area contributed by atoms with E-state index in [2.05, 4.69) is 21.4 Å². The fourth-order valence-corrected chi connectivity index (χ4v) is 9.43. The van der Waals surface area contributed by atoms with Crippen molar-refractivity contribution in [2.45, 2.75) is 53.0 Å². The van der Waals surface area contributed by atoms with Gasteiger partial charge in [0.25, 0.3) is 0 Å². The Morgan fingerprint density at radius 2 is 1.78 bits per heavy atom. The van der Waals surface area contributed by atoms with Crippen molar-refractivity contribution in [2.24, 2.45) is 24.8 Å². The molecular formula is C34H41FN6O4S. The van der Waals surface area contributed by atoms with Crippen LogP contribution in [-0.2, 0) is 22.3 Å². The van der Waals surface area contributed by atoms with Crippen LogP contribution in [0.4, 0.5) is 14.9 Å². The van der Waals surface area contributed by atoms with Crippen molar-refractivity contribution in [3.05, 3.63) is 72.6 Å². The lowest BCUT2D eigenvalue weighted by atomic mass is 9.58. The van der Waals surface area contributed by atoms with Crippen LogP contribution < -0.4 is 10.2 Å². The molecular weight excluding hydrogens is 607 g/mol. The van der Waals surface area contributed by atoms with Gasteiger partial charge in [0.2, 0.25) is 9.84 Å². The average molecular weight is 649 g/mol. The second-order valence-electron chi connectivity index (χ2n) is 13.2. The highest BCUT2D eigenvalue weighted by molar-refractivity contribution is 7.91. The monoisotopic (exact) mass is 648 g/mol. The second kappa shape index (κ2) is 12.7. The van der Waals surface area contributed by atoms with Crippen molar-refractivity contribution >= 4 is 21.6 Å². The molecule has 0 bridgehead atoms. The Labute approximate surface area is 269 Å². The summed E-state index contributed by atoms with van der Waals surface area (Å²) in [4.78, 5) is 15.7. The molecule has 46 heavy (non-hydrogen) atoms. The molecule has 244 valence electrons. The lowest BCUT2D eigenvalue weighted by Crippen LogP contribution is -2.64. The number of sulfone groups is 1. The van der Waals surface area contributed by atoms with E-state index in [9.17, 15) is 23.6 Å². The van der Waals surface area contributed by atoms with Gasteiger partial charge in [-0.15, -0.1) is 0 Å². The van der Waals surface area contributed by atoms with E-state index in [0.29, 0.717) is 26.2 Å². The number of nitrogens with zero attached hydrogens (tertiary/aromatic N) is 5. The maximum absolute atomic E-state index is 15.9. The van der Waals surface area contributed by atoms with E-state index in [1.54, 1.807) is 31.3 Å². The van der Waals surface area contributed by atoms with Crippen LogP contribution in [0.1, 0.15) is 37.7 Å². The van der Waals surface area contributed by atoms with Gasteiger partial charge >= 0.3 is 6.09 Å². The molecule has 2 saturated heterocycles. The van der Waals surface area contributed by atoms with Gasteiger partial charge in [-0.3, -0.25) is 9.58 Å². The first kappa shape index (κ1) is 32.0. The third kappa shape index (κ3) is 6.10. The van der Waals surface area contributed by atoms with E-state index in [0.717, 1.165) is 43.4 Å². The van der Waals surface area contributed by atoms with Crippen LogP contribution in [0.5, 0.6) is 0 Å². The molecule has 0 spiro atoms. The summed E-state index contributed by atoms with van der Waals surface area (Å²) in [7, 11) is -2.01. The predicted octanol–water partition coefficient (Wildman–Crippen LogP) is 4.64. The van der Waals surface area contributed by atoms with Gasteiger partial charge in [0, 0.05) is 32.0 Å². The van der Waals surface area contributed by atoms with E-state index in [-0.39, 0.29) is 40.6 Å². The molecule has 1 saturated carbocycles. The molecule has 3 aromatic rings. The van der Waals surface area contributed by atoms with Crippen molar-refractivity contribution in [3.8, 4) is 6.07 Å². The Morgan fingerprint density at radius 1 is 1.09 bits per heavy atom. The van der Waals surface area contributed by atoms with Gasteiger partial charge in [0.1, 0.15) is 4.90 Å². The van der Waals surface area contributed by atoms with Gasteiger partial charge in [0.15, 0.2) is 5.67 Å². The van der Waals surface area contributed by atoms with Crippen LogP contribution in [-0.4, -0.2) is 79.2 Å². The Hall–Kier alpha value is -3.95. The maximum atomic E-state index is 15.9. The van der Waals surface area contributed by atoms with Gasteiger partial charge in [-0.1, -0.05) is 36.8 Å². The molecule has 3 atom stereocenters. The molecule has 1 aliphatic carbocycles. The Kier molecular flexibility index (Phi) is 8.83. The molecule has 3 unspecified atom stereocenters. The number of hydrogen-bond donors (Lipinski definition) is 2. The SMILES string of the molecule is Cn1cc(S(=O)(=O)c2ccc(N3CC(F)(CN4CCC(C(C#N)(c5ccccc5)C5CCCC5CNC(=O)O)CC4)C3)cc2)cn1. The number of nitriles is 1. The minimum atomic E-state index is -3.67. The first-order chi connectivity index (χ1) is 22.0. The van der Waals surface area contributed by atoms with Crippen molar-refractivity contribution in [1.29, 1.82) is 5.26 Å². The summed E-state index contributed by atoms with van der Waals surface area (Å²) >= 11 is 0. The van der Waals surface area contributed by atoms with E-state index >= 15 is 4.39 Å². The summed E-state index contributed by atoms with van der Waals surface area (Å²) in [5.74, 6) is 0.219. The number of carbonyl (C=O) groups is 1.